The highest BCUT2D eigenvalue weighted by molar-refractivity contribution is 6.62. The fraction of sp³-hybridized carbons (Fsp3) is 0.576. The van der Waals surface area contributed by atoms with Crippen LogP contribution in [0.2, 0.25) is 0 Å². The van der Waals surface area contributed by atoms with E-state index in [1.807, 2.05) is 0 Å². The van der Waals surface area contributed by atoms with E-state index in [1.54, 1.807) is 18.4 Å². The first-order valence-corrected chi connectivity index (χ1v) is 15.9. The van der Waals surface area contributed by atoms with Gasteiger partial charge in [-0.25, -0.2) is 0 Å². The van der Waals surface area contributed by atoms with E-state index in [-0.39, 0.29) is 14.2 Å². The van der Waals surface area contributed by atoms with Gasteiger partial charge in [-0.2, -0.15) is 0 Å². The molecule has 0 N–H and O–H groups in total. The van der Waals surface area contributed by atoms with E-state index in [0.29, 0.717) is 26.4 Å². The van der Waals surface area contributed by atoms with Crippen molar-refractivity contribution in [3.63, 3.8) is 0 Å². The molecule has 9 fully saturated rings. The van der Waals surface area contributed by atoms with Gasteiger partial charge in [0.1, 0.15) is 0 Å². The number of hydrogen-bond acceptors (Lipinski definition) is 4. The van der Waals surface area contributed by atoms with Crippen LogP contribution in [0.4, 0.5) is 0 Å². The van der Waals surface area contributed by atoms with E-state index in [1.165, 1.54) is 46.1 Å². The first-order valence-electron chi connectivity index (χ1n) is 15.9. The summed E-state index contributed by atoms with van der Waals surface area (Å²) in [6, 6.07) is 13.9. The Morgan fingerprint density at radius 1 is 0.513 bits per heavy atom. The molecule has 2 aromatic rings. The van der Waals surface area contributed by atoms with E-state index in [0.717, 1.165) is 70.1 Å². The lowest BCUT2D eigenvalue weighted by Gasteiger charge is -2.91. The normalized spacial score (nSPS) is 47.7. The zero-order valence-corrected chi connectivity index (χ0v) is 22.1. The second-order valence-electron chi connectivity index (χ2n) is 14.6. The third kappa shape index (κ3) is 2.18. The van der Waals surface area contributed by atoms with Crippen molar-refractivity contribution < 1.29 is 18.6 Å². The van der Waals surface area contributed by atoms with Gasteiger partial charge in [-0.15, -0.1) is 0 Å². The van der Waals surface area contributed by atoms with Gasteiger partial charge in [0.2, 0.25) is 0 Å². The average molecular weight is 514 g/mol. The van der Waals surface area contributed by atoms with Gasteiger partial charge in [0.05, 0.1) is 26.4 Å². The lowest BCUT2D eigenvalue weighted by molar-refractivity contribution is -0.434. The molecule has 2 heterocycles. The molecule has 39 heavy (non-hydrogen) atoms. The largest absolute Gasteiger partial charge is 0.494 e. The fourth-order valence-electron chi connectivity index (χ4n) is 12.7. The van der Waals surface area contributed by atoms with E-state index < -0.39 is 0 Å². The number of fused-ring (bicyclic) bond motifs is 19. The van der Waals surface area contributed by atoms with Crippen molar-refractivity contribution in [1.82, 2.24) is 0 Å². The maximum atomic E-state index is 5.92. The Bertz CT molecular complexity index is 1450. The van der Waals surface area contributed by atoms with Gasteiger partial charge >= 0.3 is 14.2 Å². The molecule has 2 saturated heterocycles. The predicted molar refractivity (Wildman–Crippen MR) is 148 cm³/mol. The van der Waals surface area contributed by atoms with Crippen molar-refractivity contribution in [1.29, 1.82) is 0 Å². The summed E-state index contributed by atoms with van der Waals surface area (Å²) in [5.41, 5.74) is 11.2. The van der Waals surface area contributed by atoms with Crippen molar-refractivity contribution in [3.05, 3.63) is 53.1 Å². The van der Waals surface area contributed by atoms with Crippen LogP contribution in [0.1, 0.15) is 30.4 Å². The summed E-state index contributed by atoms with van der Waals surface area (Å²) in [6.45, 7) is 2.73. The number of hydrogen-bond donors (Lipinski definition) is 0. The Morgan fingerprint density at radius 3 is 1.51 bits per heavy atom. The molecule has 6 heteroatoms. The van der Waals surface area contributed by atoms with Crippen LogP contribution in [-0.2, 0) is 18.6 Å². The summed E-state index contributed by atoms with van der Waals surface area (Å²) < 4.78 is 23.7. The molecule has 194 valence electrons. The second kappa shape index (κ2) is 6.78. The minimum atomic E-state index is -0.230. The lowest BCUT2D eigenvalue weighted by atomic mass is 9.13. The Hall–Kier alpha value is -1.85. The van der Waals surface area contributed by atoms with E-state index in [4.69, 9.17) is 18.6 Å². The Morgan fingerprint density at radius 2 is 1.00 bits per heavy atom. The fourth-order valence-corrected chi connectivity index (χ4v) is 12.7. The van der Waals surface area contributed by atoms with Crippen LogP contribution < -0.4 is 10.9 Å². The SMILES string of the molecule is c1cc2c(cc1B1OCCO1)C(=C1CC3C1C1C3C3C4C5C6CCC6C5C4C13)c1cc(B3OCCO3)ccc1-2. The Labute approximate surface area is 230 Å². The molecule has 0 bridgehead atoms. The predicted octanol–water partition coefficient (Wildman–Crippen LogP) is 3.61. The smallest absolute Gasteiger partial charge is 0.405 e. The molecule has 10 aliphatic rings. The molecular weight excluding hydrogens is 482 g/mol. The van der Waals surface area contributed by atoms with Gasteiger partial charge in [-0.05, 0) is 129 Å². The van der Waals surface area contributed by atoms with Gasteiger partial charge in [-0.1, -0.05) is 42.0 Å². The van der Waals surface area contributed by atoms with Crippen molar-refractivity contribution in [2.75, 3.05) is 26.4 Å². The molecule has 12 rings (SSSR count). The van der Waals surface area contributed by atoms with E-state index in [2.05, 4.69) is 36.4 Å². The first kappa shape index (κ1) is 20.9. The summed E-state index contributed by atoms with van der Waals surface area (Å²) in [7, 11) is -0.459. The summed E-state index contributed by atoms with van der Waals surface area (Å²) in [4.78, 5) is 0. The van der Waals surface area contributed by atoms with Crippen molar-refractivity contribution in [2.24, 2.45) is 71.0 Å². The molecule has 8 aliphatic carbocycles. The third-order valence-electron chi connectivity index (χ3n) is 14.1. The third-order valence-corrected chi connectivity index (χ3v) is 14.1. The van der Waals surface area contributed by atoms with Crippen LogP contribution in [0.5, 0.6) is 0 Å². The van der Waals surface area contributed by atoms with Crippen LogP contribution >= 0.6 is 0 Å². The quantitative estimate of drug-likeness (QED) is 0.387. The van der Waals surface area contributed by atoms with E-state index >= 15 is 0 Å². The van der Waals surface area contributed by atoms with Crippen molar-refractivity contribution >= 4 is 30.7 Å². The lowest BCUT2D eigenvalue weighted by Crippen LogP contribution is -2.87. The molecule has 12 unspecified atom stereocenters. The van der Waals surface area contributed by atoms with Crippen LogP contribution in [0.15, 0.2) is 42.0 Å². The van der Waals surface area contributed by atoms with Crippen LogP contribution in [0, 0.1) is 71.0 Å². The zero-order valence-electron chi connectivity index (χ0n) is 22.1. The van der Waals surface area contributed by atoms with Crippen LogP contribution in [-0.4, -0.2) is 40.7 Å². The molecule has 2 aromatic carbocycles. The van der Waals surface area contributed by atoms with Gasteiger partial charge in [0.15, 0.2) is 0 Å². The van der Waals surface area contributed by atoms with Crippen molar-refractivity contribution in [3.8, 4) is 11.1 Å². The summed E-state index contributed by atoms with van der Waals surface area (Å²) >= 11 is 0. The average Bonchev–Trinajstić information content (AvgIpc) is 3.70. The first-order chi connectivity index (χ1) is 19.4. The highest BCUT2D eigenvalue weighted by atomic mass is 16.6. The van der Waals surface area contributed by atoms with Gasteiger partial charge in [0, 0.05) is 0 Å². The van der Waals surface area contributed by atoms with Gasteiger partial charge in [-0.3, -0.25) is 0 Å². The summed E-state index contributed by atoms with van der Waals surface area (Å²) in [5, 5.41) is 0. The molecule has 12 atom stereocenters. The highest BCUT2D eigenvalue weighted by Gasteiger charge is 2.86. The number of rotatable bonds is 2. The van der Waals surface area contributed by atoms with Gasteiger partial charge < -0.3 is 18.6 Å². The Kier molecular flexibility index (Phi) is 3.64. The zero-order chi connectivity index (χ0) is 24.7. The maximum absolute atomic E-state index is 5.92. The molecule has 2 aliphatic heterocycles. The van der Waals surface area contributed by atoms with Crippen LogP contribution in [0.25, 0.3) is 16.7 Å². The molecular formula is C33H32B2O4. The molecule has 0 aromatic heterocycles. The molecule has 0 radical (unpaired) electrons. The monoisotopic (exact) mass is 514 g/mol. The maximum Gasteiger partial charge on any atom is 0.494 e. The molecule has 0 amide bonds. The second-order valence-corrected chi connectivity index (χ2v) is 14.6. The van der Waals surface area contributed by atoms with Crippen molar-refractivity contribution in [2.45, 2.75) is 19.3 Å². The molecule has 0 spiro atoms. The molecule has 7 saturated carbocycles. The minimum Gasteiger partial charge on any atom is -0.405 e. The number of allylic oxidation sites excluding steroid dienone is 1. The summed E-state index contributed by atoms with van der Waals surface area (Å²) in [5.74, 6) is 13.0. The Balaban J connectivity index is 0.958. The minimum absolute atomic E-state index is 0.230. The van der Waals surface area contributed by atoms with Crippen LogP contribution in [0.3, 0.4) is 0 Å². The summed E-state index contributed by atoms with van der Waals surface area (Å²) in [6.07, 6.45) is 4.45. The molecule has 4 nitrogen and oxygen atoms in total. The van der Waals surface area contributed by atoms with E-state index in [9.17, 15) is 0 Å². The number of benzene rings is 2. The van der Waals surface area contributed by atoms with Gasteiger partial charge in [0.25, 0.3) is 0 Å². The topological polar surface area (TPSA) is 36.9 Å². The highest BCUT2D eigenvalue weighted by Crippen LogP contribution is 2.91. The standard InChI is InChI=1S/C33H32B2O4/c1-3-16-17-4-2-15(35-38-9-10-39-35)12-21(17)24(20(16)11-14(1)34-36-7-8-37-34)22-13-23-25(22)29-28(23)32-30-26-18-5-6-19(18)27(26)31(30)33(29)32/h1-4,11-12,18-19,23,25-33H,5-10,13H2.